The number of benzene rings is 3. The fourth-order valence-corrected chi connectivity index (χ4v) is 5.86. The highest BCUT2D eigenvalue weighted by atomic mass is 79.9. The maximum absolute atomic E-state index is 11.2. The molecule has 33 heavy (non-hydrogen) atoms. The van der Waals surface area contributed by atoms with Gasteiger partial charge in [-0.3, -0.25) is 0 Å². The normalized spacial score (nSPS) is 11.1. The van der Waals surface area contributed by atoms with Crippen molar-refractivity contribution in [3.05, 3.63) is 104 Å². The van der Waals surface area contributed by atoms with Crippen molar-refractivity contribution in [2.24, 2.45) is 0 Å². The second-order valence-electron chi connectivity index (χ2n) is 6.95. The minimum atomic E-state index is -1.25. The minimum Gasteiger partial charge on any atom is -0.477 e. The van der Waals surface area contributed by atoms with Crippen molar-refractivity contribution in [3.63, 3.8) is 0 Å². The summed E-state index contributed by atoms with van der Waals surface area (Å²) in [5.41, 5.74) is 3.79. The van der Waals surface area contributed by atoms with Gasteiger partial charge in [0, 0.05) is 21.9 Å². The lowest BCUT2D eigenvalue weighted by Crippen LogP contribution is -2.09. The van der Waals surface area contributed by atoms with Crippen molar-refractivity contribution >= 4 is 72.3 Å². The zero-order valence-corrected chi connectivity index (χ0v) is 21.1. The van der Waals surface area contributed by atoms with Crippen molar-refractivity contribution in [2.75, 3.05) is 4.90 Å². The van der Waals surface area contributed by atoms with Crippen LogP contribution in [0.25, 0.3) is 16.5 Å². The van der Waals surface area contributed by atoms with Crippen molar-refractivity contribution in [2.45, 2.75) is 0 Å². The van der Waals surface area contributed by atoms with Crippen LogP contribution in [0.3, 0.4) is 0 Å². The second kappa shape index (κ2) is 10.2. The van der Waals surface area contributed by atoms with Gasteiger partial charge in [-0.2, -0.15) is 5.26 Å². The third-order valence-corrected chi connectivity index (χ3v) is 8.72. The molecule has 3 aromatic carbocycles. The number of para-hydroxylation sites is 2. The van der Waals surface area contributed by atoms with E-state index in [9.17, 15) is 9.90 Å². The van der Waals surface area contributed by atoms with Crippen LogP contribution in [0.1, 0.15) is 4.88 Å². The average molecular weight is 580 g/mol. The van der Waals surface area contributed by atoms with E-state index in [4.69, 9.17) is 5.26 Å². The standard InChI is InChI=1S/C26H16Br2N2O2S/c27-23-22(15-18(16-29)26(31)32)33-25(24(23)28)17-11-13-21(14-12-17)30(19-7-3-1-4-8-19)20-9-5-2-6-10-20/h1-15H,(H,31,32). The first-order chi connectivity index (χ1) is 16.0. The van der Waals surface area contributed by atoms with Crippen LogP contribution in [-0.2, 0) is 4.79 Å². The number of nitriles is 1. The Bertz CT molecular complexity index is 1320. The van der Waals surface area contributed by atoms with E-state index in [1.54, 1.807) is 6.07 Å². The quantitative estimate of drug-likeness (QED) is 0.184. The summed E-state index contributed by atoms with van der Waals surface area (Å²) in [4.78, 5) is 15.0. The number of rotatable bonds is 6. The van der Waals surface area contributed by atoms with Gasteiger partial charge in [-0.1, -0.05) is 48.5 Å². The molecule has 1 aromatic heterocycles. The van der Waals surface area contributed by atoms with Crippen LogP contribution in [0, 0.1) is 11.3 Å². The van der Waals surface area contributed by atoms with E-state index < -0.39 is 5.97 Å². The molecule has 0 radical (unpaired) electrons. The van der Waals surface area contributed by atoms with Gasteiger partial charge in [0.15, 0.2) is 0 Å². The molecular weight excluding hydrogens is 564 g/mol. The molecule has 7 heteroatoms. The molecule has 4 nitrogen and oxygen atoms in total. The summed E-state index contributed by atoms with van der Waals surface area (Å²) in [6.07, 6.45) is 1.38. The Morgan fingerprint density at radius 3 is 1.85 bits per heavy atom. The van der Waals surface area contributed by atoms with E-state index in [0.717, 1.165) is 36.4 Å². The van der Waals surface area contributed by atoms with Crippen molar-refractivity contribution < 1.29 is 9.90 Å². The predicted molar refractivity (Wildman–Crippen MR) is 141 cm³/mol. The summed E-state index contributed by atoms with van der Waals surface area (Å²) in [7, 11) is 0. The maximum atomic E-state index is 11.2. The Kier molecular flexibility index (Phi) is 7.09. The Labute approximate surface area is 212 Å². The summed E-state index contributed by atoms with van der Waals surface area (Å²) < 4.78 is 1.54. The van der Waals surface area contributed by atoms with Crippen molar-refractivity contribution in [1.82, 2.24) is 0 Å². The summed E-state index contributed by atoms with van der Waals surface area (Å²) in [6.45, 7) is 0. The van der Waals surface area contributed by atoms with E-state index >= 15 is 0 Å². The molecule has 0 fully saturated rings. The Morgan fingerprint density at radius 2 is 1.36 bits per heavy atom. The third kappa shape index (κ3) is 4.93. The van der Waals surface area contributed by atoms with E-state index in [1.165, 1.54) is 17.4 Å². The SMILES string of the molecule is N#CC(=Cc1sc(-c2ccc(N(c3ccccc3)c3ccccc3)cc2)c(Br)c1Br)C(=O)O. The molecule has 0 amide bonds. The van der Waals surface area contributed by atoms with Gasteiger partial charge in [-0.15, -0.1) is 11.3 Å². The number of hydrogen-bond acceptors (Lipinski definition) is 4. The van der Waals surface area contributed by atoms with E-state index in [1.807, 2.05) is 48.5 Å². The maximum Gasteiger partial charge on any atom is 0.346 e. The molecule has 0 bridgehead atoms. The van der Waals surface area contributed by atoms with Crippen LogP contribution >= 0.6 is 43.2 Å². The topological polar surface area (TPSA) is 64.3 Å². The molecule has 0 spiro atoms. The van der Waals surface area contributed by atoms with Crippen LogP contribution in [0.15, 0.2) is 99.4 Å². The molecule has 0 saturated carbocycles. The van der Waals surface area contributed by atoms with Crippen LogP contribution in [-0.4, -0.2) is 11.1 Å². The van der Waals surface area contributed by atoms with Gasteiger partial charge in [0.05, 0.1) is 13.8 Å². The lowest BCUT2D eigenvalue weighted by atomic mass is 10.1. The summed E-state index contributed by atoms with van der Waals surface area (Å²) in [5, 5.41) is 18.3. The molecule has 0 saturated heterocycles. The molecule has 0 atom stereocenters. The fourth-order valence-electron chi connectivity index (χ4n) is 3.32. The highest BCUT2D eigenvalue weighted by Gasteiger charge is 2.18. The Hall–Kier alpha value is -3.18. The zero-order chi connectivity index (χ0) is 23.4. The molecule has 0 unspecified atom stereocenters. The summed E-state index contributed by atoms with van der Waals surface area (Å²) in [5.74, 6) is -1.25. The van der Waals surface area contributed by atoms with Crippen molar-refractivity contribution in [1.29, 1.82) is 5.26 Å². The number of carboxylic acids is 1. The molecule has 4 rings (SSSR count). The van der Waals surface area contributed by atoms with Gasteiger partial charge in [-0.05, 0) is 79.9 Å². The van der Waals surface area contributed by atoms with Gasteiger partial charge < -0.3 is 10.0 Å². The molecule has 0 aliphatic heterocycles. The molecule has 4 aromatic rings. The number of carboxylic acid groups (broad SMARTS) is 1. The number of carbonyl (C=O) groups is 1. The van der Waals surface area contributed by atoms with Crippen LogP contribution < -0.4 is 4.90 Å². The average Bonchev–Trinajstić information content (AvgIpc) is 3.13. The fraction of sp³-hybridized carbons (Fsp3) is 0. The molecule has 0 aliphatic carbocycles. The van der Waals surface area contributed by atoms with Gasteiger partial charge in [0.25, 0.3) is 0 Å². The number of halogens is 2. The monoisotopic (exact) mass is 578 g/mol. The van der Waals surface area contributed by atoms with Gasteiger partial charge in [0.1, 0.15) is 11.6 Å². The Morgan fingerprint density at radius 1 is 0.848 bits per heavy atom. The van der Waals surface area contributed by atoms with E-state index in [-0.39, 0.29) is 5.57 Å². The van der Waals surface area contributed by atoms with E-state index in [2.05, 4.69) is 73.2 Å². The Balaban J connectivity index is 1.73. The lowest BCUT2D eigenvalue weighted by molar-refractivity contribution is -0.132. The number of hydrogen-bond donors (Lipinski definition) is 1. The highest BCUT2D eigenvalue weighted by molar-refractivity contribution is 9.13. The molecule has 1 N–H and O–H groups in total. The molecule has 0 aliphatic rings. The molecular formula is C26H16Br2N2O2S. The van der Waals surface area contributed by atoms with Gasteiger partial charge in [0.2, 0.25) is 0 Å². The second-order valence-corrected chi connectivity index (χ2v) is 9.59. The largest absolute Gasteiger partial charge is 0.477 e. The predicted octanol–water partition coefficient (Wildman–Crippen LogP) is 8.40. The number of aliphatic carboxylic acids is 1. The summed E-state index contributed by atoms with van der Waals surface area (Å²) >= 11 is 8.52. The van der Waals surface area contributed by atoms with Crippen LogP contribution in [0.4, 0.5) is 17.1 Å². The molecule has 162 valence electrons. The minimum absolute atomic E-state index is 0.312. The first kappa shape index (κ1) is 23.0. The first-order valence-electron chi connectivity index (χ1n) is 9.83. The third-order valence-electron chi connectivity index (χ3n) is 4.86. The lowest BCUT2D eigenvalue weighted by Gasteiger charge is -2.25. The van der Waals surface area contributed by atoms with Gasteiger partial charge in [-0.25, -0.2) is 4.79 Å². The summed E-state index contributed by atoms with van der Waals surface area (Å²) in [6, 6.07) is 30.2. The van der Waals surface area contributed by atoms with Crippen LogP contribution in [0.2, 0.25) is 0 Å². The van der Waals surface area contributed by atoms with Crippen LogP contribution in [0.5, 0.6) is 0 Å². The number of anilines is 3. The van der Waals surface area contributed by atoms with E-state index in [0.29, 0.717) is 4.88 Å². The highest BCUT2D eigenvalue weighted by Crippen LogP contribution is 2.45. The first-order valence-corrected chi connectivity index (χ1v) is 12.2. The number of thiophene rings is 1. The number of nitrogens with zero attached hydrogens (tertiary/aromatic N) is 2. The zero-order valence-electron chi connectivity index (χ0n) is 17.1. The molecule has 1 heterocycles. The smallest absolute Gasteiger partial charge is 0.346 e. The van der Waals surface area contributed by atoms with Crippen molar-refractivity contribution in [3.8, 4) is 16.5 Å². The van der Waals surface area contributed by atoms with Gasteiger partial charge >= 0.3 is 5.97 Å².